The molecule has 1 aliphatic heterocycles. The Bertz CT molecular complexity index is 651. The maximum atomic E-state index is 14.2. The molecule has 1 atom stereocenters. The minimum absolute atomic E-state index is 0.228. The van der Waals surface area contributed by atoms with Crippen LogP contribution in [0, 0.1) is 5.82 Å². The summed E-state index contributed by atoms with van der Waals surface area (Å²) in [5, 5.41) is 3.41. The molecule has 4 nitrogen and oxygen atoms in total. The fourth-order valence-electron chi connectivity index (χ4n) is 2.88. The number of hydrogen-bond donors (Lipinski definition) is 1. The minimum Gasteiger partial charge on any atom is -0.347 e. The van der Waals surface area contributed by atoms with Crippen LogP contribution in [0.1, 0.15) is 24.5 Å². The molecule has 1 saturated heterocycles. The molecule has 1 aromatic heterocycles. The van der Waals surface area contributed by atoms with Gasteiger partial charge in [-0.15, -0.1) is 0 Å². The SMILES string of the molecule is CN(C)c1ncc(-c2ccccc2F)c(C2CCCNC2)n1. The summed E-state index contributed by atoms with van der Waals surface area (Å²) in [6.07, 6.45) is 3.94. The Morgan fingerprint density at radius 2 is 2.05 bits per heavy atom. The van der Waals surface area contributed by atoms with Gasteiger partial charge < -0.3 is 10.2 Å². The van der Waals surface area contributed by atoms with Crippen molar-refractivity contribution >= 4 is 5.95 Å². The normalized spacial score (nSPS) is 18.2. The molecule has 1 N–H and O–H groups in total. The second-order valence-corrected chi connectivity index (χ2v) is 5.89. The molecular formula is C17H21FN4. The first kappa shape index (κ1) is 14.9. The van der Waals surface area contributed by atoms with Gasteiger partial charge >= 0.3 is 0 Å². The first-order valence-corrected chi connectivity index (χ1v) is 7.66. The Labute approximate surface area is 130 Å². The molecule has 1 aromatic carbocycles. The van der Waals surface area contributed by atoms with Gasteiger partial charge in [0, 0.05) is 43.9 Å². The Morgan fingerprint density at radius 3 is 2.73 bits per heavy atom. The lowest BCUT2D eigenvalue weighted by molar-refractivity contribution is 0.455. The van der Waals surface area contributed by atoms with E-state index in [9.17, 15) is 4.39 Å². The number of anilines is 1. The number of nitrogens with one attached hydrogen (secondary N) is 1. The van der Waals surface area contributed by atoms with E-state index in [0.717, 1.165) is 37.2 Å². The monoisotopic (exact) mass is 300 g/mol. The maximum Gasteiger partial charge on any atom is 0.225 e. The zero-order chi connectivity index (χ0) is 15.5. The molecule has 116 valence electrons. The molecule has 1 unspecified atom stereocenters. The highest BCUT2D eigenvalue weighted by Crippen LogP contribution is 2.33. The molecule has 2 aromatic rings. The number of benzene rings is 1. The fourth-order valence-corrected chi connectivity index (χ4v) is 2.88. The van der Waals surface area contributed by atoms with Crippen LogP contribution < -0.4 is 10.2 Å². The van der Waals surface area contributed by atoms with Crippen LogP contribution in [0.4, 0.5) is 10.3 Å². The maximum absolute atomic E-state index is 14.2. The van der Waals surface area contributed by atoms with Crippen LogP contribution in [0.15, 0.2) is 30.5 Å². The van der Waals surface area contributed by atoms with Gasteiger partial charge in [0.05, 0.1) is 5.69 Å². The van der Waals surface area contributed by atoms with E-state index in [1.165, 1.54) is 6.07 Å². The summed E-state index contributed by atoms with van der Waals surface area (Å²) in [6, 6.07) is 6.83. The molecular weight excluding hydrogens is 279 g/mol. The highest BCUT2D eigenvalue weighted by atomic mass is 19.1. The van der Waals surface area contributed by atoms with Crippen molar-refractivity contribution in [2.45, 2.75) is 18.8 Å². The van der Waals surface area contributed by atoms with E-state index in [-0.39, 0.29) is 5.82 Å². The van der Waals surface area contributed by atoms with Gasteiger partial charge in [0.15, 0.2) is 0 Å². The number of halogens is 1. The molecule has 2 heterocycles. The lowest BCUT2D eigenvalue weighted by Gasteiger charge is -2.25. The summed E-state index contributed by atoms with van der Waals surface area (Å²) in [5.41, 5.74) is 2.32. The van der Waals surface area contributed by atoms with Crippen LogP contribution in [0.5, 0.6) is 0 Å². The van der Waals surface area contributed by atoms with Gasteiger partial charge in [0.2, 0.25) is 5.95 Å². The zero-order valence-corrected chi connectivity index (χ0v) is 13.0. The van der Waals surface area contributed by atoms with Crippen molar-refractivity contribution in [1.82, 2.24) is 15.3 Å². The second kappa shape index (κ2) is 6.40. The smallest absolute Gasteiger partial charge is 0.225 e. The van der Waals surface area contributed by atoms with Crippen molar-refractivity contribution in [3.05, 3.63) is 42.0 Å². The van der Waals surface area contributed by atoms with Crippen LogP contribution in [-0.4, -0.2) is 37.2 Å². The molecule has 1 fully saturated rings. The molecule has 5 heteroatoms. The molecule has 0 bridgehead atoms. The average molecular weight is 300 g/mol. The molecule has 0 saturated carbocycles. The Morgan fingerprint density at radius 1 is 1.23 bits per heavy atom. The molecule has 1 aliphatic rings. The Balaban J connectivity index is 2.10. The quantitative estimate of drug-likeness (QED) is 0.946. The van der Waals surface area contributed by atoms with Crippen LogP contribution >= 0.6 is 0 Å². The number of nitrogens with zero attached hydrogens (tertiary/aromatic N) is 3. The average Bonchev–Trinajstić information content (AvgIpc) is 2.55. The molecule has 0 amide bonds. The molecule has 0 spiro atoms. The van der Waals surface area contributed by atoms with Crippen molar-refractivity contribution in [3.63, 3.8) is 0 Å². The summed E-state index contributed by atoms with van der Waals surface area (Å²) >= 11 is 0. The van der Waals surface area contributed by atoms with Gasteiger partial charge in [-0.25, -0.2) is 14.4 Å². The van der Waals surface area contributed by atoms with Crippen molar-refractivity contribution in [2.75, 3.05) is 32.1 Å². The standard InChI is InChI=1S/C17H21FN4/c1-22(2)17-20-11-14(13-7-3-4-8-15(13)18)16(21-17)12-6-5-9-19-10-12/h3-4,7-8,11-12,19H,5-6,9-10H2,1-2H3. The summed E-state index contributed by atoms with van der Waals surface area (Å²) in [4.78, 5) is 11.0. The third kappa shape index (κ3) is 2.95. The van der Waals surface area contributed by atoms with E-state index in [0.29, 0.717) is 17.4 Å². The number of aromatic nitrogens is 2. The summed E-state index contributed by atoms with van der Waals surface area (Å²) < 4.78 is 14.2. The number of piperidine rings is 1. The first-order chi connectivity index (χ1) is 10.7. The summed E-state index contributed by atoms with van der Waals surface area (Å²) in [7, 11) is 3.84. The predicted molar refractivity (Wildman–Crippen MR) is 86.6 cm³/mol. The van der Waals surface area contributed by atoms with Crippen molar-refractivity contribution < 1.29 is 4.39 Å². The van der Waals surface area contributed by atoms with Crippen LogP contribution in [-0.2, 0) is 0 Å². The zero-order valence-electron chi connectivity index (χ0n) is 13.0. The topological polar surface area (TPSA) is 41.1 Å². The Hall–Kier alpha value is -2.01. The van der Waals surface area contributed by atoms with Crippen molar-refractivity contribution in [2.24, 2.45) is 0 Å². The van der Waals surface area contributed by atoms with Gasteiger partial charge in [-0.1, -0.05) is 18.2 Å². The van der Waals surface area contributed by atoms with Crippen LogP contribution in [0.3, 0.4) is 0 Å². The largest absolute Gasteiger partial charge is 0.347 e. The van der Waals surface area contributed by atoms with Gasteiger partial charge in [-0.05, 0) is 25.5 Å². The third-order valence-electron chi connectivity index (χ3n) is 4.05. The van der Waals surface area contributed by atoms with E-state index in [2.05, 4.69) is 10.3 Å². The minimum atomic E-state index is -0.228. The third-order valence-corrected chi connectivity index (χ3v) is 4.05. The van der Waals surface area contributed by atoms with E-state index in [1.807, 2.05) is 25.1 Å². The van der Waals surface area contributed by atoms with Gasteiger partial charge in [-0.2, -0.15) is 0 Å². The van der Waals surface area contributed by atoms with Crippen molar-refractivity contribution in [1.29, 1.82) is 0 Å². The second-order valence-electron chi connectivity index (χ2n) is 5.89. The van der Waals surface area contributed by atoms with E-state index in [4.69, 9.17) is 4.98 Å². The van der Waals surface area contributed by atoms with Gasteiger partial charge in [0.1, 0.15) is 5.82 Å². The molecule has 3 rings (SSSR count). The van der Waals surface area contributed by atoms with Gasteiger partial charge in [-0.3, -0.25) is 0 Å². The van der Waals surface area contributed by atoms with Crippen LogP contribution in [0.25, 0.3) is 11.1 Å². The molecule has 22 heavy (non-hydrogen) atoms. The van der Waals surface area contributed by atoms with Gasteiger partial charge in [0.25, 0.3) is 0 Å². The number of hydrogen-bond acceptors (Lipinski definition) is 4. The summed E-state index contributed by atoms with van der Waals surface area (Å²) in [6.45, 7) is 1.92. The highest BCUT2D eigenvalue weighted by Gasteiger charge is 2.23. The molecule has 0 radical (unpaired) electrons. The number of rotatable bonds is 3. The Kier molecular flexibility index (Phi) is 4.34. The lowest BCUT2D eigenvalue weighted by atomic mass is 9.91. The first-order valence-electron chi connectivity index (χ1n) is 7.66. The lowest BCUT2D eigenvalue weighted by Crippen LogP contribution is -2.29. The van der Waals surface area contributed by atoms with Crippen LogP contribution in [0.2, 0.25) is 0 Å². The van der Waals surface area contributed by atoms with E-state index < -0.39 is 0 Å². The predicted octanol–water partition coefficient (Wildman–Crippen LogP) is 2.82. The van der Waals surface area contributed by atoms with E-state index in [1.54, 1.807) is 18.3 Å². The molecule has 0 aliphatic carbocycles. The highest BCUT2D eigenvalue weighted by molar-refractivity contribution is 5.67. The van der Waals surface area contributed by atoms with E-state index >= 15 is 0 Å². The summed E-state index contributed by atoms with van der Waals surface area (Å²) in [5.74, 6) is 0.736. The van der Waals surface area contributed by atoms with Crippen molar-refractivity contribution in [3.8, 4) is 11.1 Å². The fraction of sp³-hybridized carbons (Fsp3) is 0.412.